The van der Waals surface area contributed by atoms with Gasteiger partial charge in [-0.15, -0.1) is 11.3 Å². The van der Waals surface area contributed by atoms with Crippen molar-refractivity contribution in [3.8, 4) is 0 Å². The fourth-order valence-corrected chi connectivity index (χ4v) is 4.89. The Balaban J connectivity index is 1.93. The van der Waals surface area contributed by atoms with E-state index in [9.17, 15) is 24.3 Å². The lowest BCUT2D eigenvalue weighted by Gasteiger charge is -2.12. The largest absolute Gasteiger partial charge is 0.548 e. The van der Waals surface area contributed by atoms with E-state index in [1.807, 2.05) is 0 Å². The number of benzene rings is 1. The molecule has 0 saturated heterocycles. The van der Waals surface area contributed by atoms with Gasteiger partial charge < -0.3 is 9.90 Å². The molecule has 0 fully saturated rings. The molecule has 1 aliphatic rings. The minimum atomic E-state index is -1.53. The van der Waals surface area contributed by atoms with Crippen LogP contribution in [-0.4, -0.2) is 20.9 Å². The van der Waals surface area contributed by atoms with Crippen LogP contribution in [-0.2, 0) is 30.7 Å². The van der Waals surface area contributed by atoms with Crippen LogP contribution in [0.25, 0.3) is 10.2 Å². The number of aliphatic carboxylic acids is 1. The van der Waals surface area contributed by atoms with E-state index in [2.05, 4.69) is 0 Å². The predicted octanol–water partition coefficient (Wildman–Crippen LogP) is 0.346. The molecule has 138 valence electrons. The van der Waals surface area contributed by atoms with Gasteiger partial charge in [-0.05, 0) is 24.8 Å². The topological polar surface area (TPSA) is 101 Å². The van der Waals surface area contributed by atoms with Crippen LogP contribution in [0.3, 0.4) is 0 Å². The summed E-state index contributed by atoms with van der Waals surface area (Å²) < 4.78 is 1.87. The fraction of sp³-hybridized carbons (Fsp3) is 0.263. The summed E-state index contributed by atoms with van der Waals surface area (Å²) in [4.78, 5) is 50.8. The van der Waals surface area contributed by atoms with E-state index in [0.717, 1.165) is 23.3 Å². The molecule has 7 nitrogen and oxygen atoms in total. The van der Waals surface area contributed by atoms with Gasteiger partial charge in [0.05, 0.1) is 24.4 Å². The first-order chi connectivity index (χ1) is 13.0. The number of carboxylic acid groups (broad SMARTS) is 1. The standard InChI is InChI=1S/C19H16N2O5S/c22-13(11-5-2-1-3-6-11)9-21-18-16(12-7-4-8-14(12)27-18)17(25)20(19(21)26)10-15(23)24/h1-3,5-6H,4,7-10H2,(H,23,24)/p-1. The van der Waals surface area contributed by atoms with Crippen molar-refractivity contribution >= 4 is 33.3 Å². The number of Topliss-reactive ketones (excluding diaryl/α,β-unsaturated/α-hetero) is 1. The molecule has 1 aromatic carbocycles. The quantitative estimate of drug-likeness (QED) is 0.592. The maximum Gasteiger partial charge on any atom is 0.332 e. The van der Waals surface area contributed by atoms with Gasteiger partial charge >= 0.3 is 5.69 Å². The summed E-state index contributed by atoms with van der Waals surface area (Å²) in [5.41, 5.74) is -0.116. The Hall–Kier alpha value is -3.00. The molecule has 0 bridgehead atoms. The van der Waals surface area contributed by atoms with Crippen molar-refractivity contribution in [1.82, 2.24) is 9.13 Å². The van der Waals surface area contributed by atoms with Crippen molar-refractivity contribution in [2.24, 2.45) is 0 Å². The van der Waals surface area contributed by atoms with Crippen molar-refractivity contribution in [3.05, 3.63) is 67.2 Å². The van der Waals surface area contributed by atoms with Crippen LogP contribution in [0.5, 0.6) is 0 Å². The van der Waals surface area contributed by atoms with Crippen LogP contribution in [0.4, 0.5) is 0 Å². The second-order valence-corrected chi connectivity index (χ2v) is 7.54. The van der Waals surface area contributed by atoms with Crippen LogP contribution in [0.15, 0.2) is 39.9 Å². The van der Waals surface area contributed by atoms with Crippen molar-refractivity contribution in [2.45, 2.75) is 32.4 Å². The van der Waals surface area contributed by atoms with Gasteiger partial charge in [0.25, 0.3) is 5.56 Å². The van der Waals surface area contributed by atoms with Gasteiger partial charge in [0.2, 0.25) is 0 Å². The summed E-state index contributed by atoms with van der Waals surface area (Å²) in [5, 5.41) is 11.4. The zero-order valence-corrected chi connectivity index (χ0v) is 15.1. The van der Waals surface area contributed by atoms with E-state index in [1.54, 1.807) is 30.3 Å². The van der Waals surface area contributed by atoms with Gasteiger partial charge in [-0.2, -0.15) is 0 Å². The first-order valence-electron chi connectivity index (χ1n) is 8.53. The summed E-state index contributed by atoms with van der Waals surface area (Å²) in [5.74, 6) is -1.81. The first kappa shape index (κ1) is 17.4. The molecule has 0 saturated carbocycles. The Morgan fingerprint density at radius 3 is 2.48 bits per heavy atom. The molecule has 0 unspecified atom stereocenters. The molecule has 8 heteroatoms. The summed E-state index contributed by atoms with van der Waals surface area (Å²) in [7, 11) is 0. The molecule has 0 radical (unpaired) electrons. The number of aromatic nitrogens is 2. The average Bonchev–Trinajstić information content (AvgIpc) is 3.23. The van der Waals surface area contributed by atoms with Gasteiger partial charge in [0.1, 0.15) is 4.83 Å². The number of carbonyl (C=O) groups is 2. The summed E-state index contributed by atoms with van der Waals surface area (Å²) in [6.07, 6.45) is 2.44. The molecule has 4 rings (SSSR count). The Bertz CT molecular complexity index is 1190. The highest BCUT2D eigenvalue weighted by Crippen LogP contribution is 2.35. The highest BCUT2D eigenvalue weighted by atomic mass is 32.1. The molecule has 0 amide bonds. The second-order valence-electron chi connectivity index (χ2n) is 6.46. The first-order valence-corrected chi connectivity index (χ1v) is 9.35. The third-order valence-corrected chi connectivity index (χ3v) is 6.07. The van der Waals surface area contributed by atoms with Gasteiger partial charge in [0.15, 0.2) is 5.78 Å². The van der Waals surface area contributed by atoms with Gasteiger partial charge in [-0.3, -0.25) is 18.7 Å². The normalized spacial score (nSPS) is 13.0. The molecule has 1 aliphatic carbocycles. The Labute approximate surface area is 157 Å². The van der Waals surface area contributed by atoms with E-state index in [0.29, 0.717) is 26.8 Å². The molecule has 2 heterocycles. The molecule has 0 N–H and O–H groups in total. The summed E-state index contributed by atoms with van der Waals surface area (Å²) >= 11 is 1.34. The molecule has 2 aromatic heterocycles. The molecule has 0 spiro atoms. The number of rotatable bonds is 5. The maximum atomic E-state index is 12.8. The number of carbonyl (C=O) groups excluding carboxylic acids is 2. The predicted molar refractivity (Wildman–Crippen MR) is 98.1 cm³/mol. The van der Waals surface area contributed by atoms with Crippen molar-refractivity contribution in [1.29, 1.82) is 0 Å². The van der Waals surface area contributed by atoms with Crippen LogP contribution in [0.2, 0.25) is 0 Å². The van der Waals surface area contributed by atoms with E-state index in [1.165, 1.54) is 15.9 Å². The van der Waals surface area contributed by atoms with E-state index in [-0.39, 0.29) is 12.3 Å². The number of nitrogens with zero attached hydrogens (tertiary/aromatic N) is 2. The fourth-order valence-electron chi connectivity index (χ4n) is 3.52. The molecular formula is C19H15N2O5S-. The number of fused-ring (bicyclic) bond motifs is 3. The van der Waals surface area contributed by atoms with E-state index < -0.39 is 23.8 Å². The van der Waals surface area contributed by atoms with Crippen LogP contribution >= 0.6 is 11.3 Å². The molecular weight excluding hydrogens is 368 g/mol. The lowest BCUT2D eigenvalue weighted by molar-refractivity contribution is -0.306. The highest BCUT2D eigenvalue weighted by molar-refractivity contribution is 7.19. The third-order valence-electron chi connectivity index (χ3n) is 4.75. The maximum absolute atomic E-state index is 12.8. The minimum absolute atomic E-state index is 0.258. The van der Waals surface area contributed by atoms with Gasteiger partial charge in [-0.1, -0.05) is 30.3 Å². The van der Waals surface area contributed by atoms with Gasteiger partial charge in [-0.25, -0.2) is 4.79 Å². The van der Waals surface area contributed by atoms with Crippen molar-refractivity contribution in [2.75, 3.05) is 0 Å². The number of hydrogen-bond acceptors (Lipinski definition) is 6. The monoisotopic (exact) mass is 383 g/mol. The number of ketones is 1. The van der Waals surface area contributed by atoms with Gasteiger partial charge in [0, 0.05) is 10.4 Å². The summed E-state index contributed by atoms with van der Waals surface area (Å²) in [6, 6.07) is 8.53. The zero-order valence-electron chi connectivity index (χ0n) is 14.3. The van der Waals surface area contributed by atoms with E-state index in [4.69, 9.17) is 0 Å². The van der Waals surface area contributed by atoms with Crippen molar-refractivity contribution < 1.29 is 14.7 Å². The zero-order chi connectivity index (χ0) is 19.1. The van der Waals surface area contributed by atoms with Crippen LogP contribution < -0.4 is 16.4 Å². The Morgan fingerprint density at radius 2 is 1.78 bits per heavy atom. The number of carboxylic acids is 1. The van der Waals surface area contributed by atoms with E-state index >= 15 is 0 Å². The summed E-state index contributed by atoms with van der Waals surface area (Å²) in [6.45, 7) is -1.09. The number of hydrogen-bond donors (Lipinski definition) is 0. The second kappa shape index (κ2) is 6.62. The molecule has 0 atom stereocenters. The molecule has 0 aliphatic heterocycles. The van der Waals surface area contributed by atoms with Crippen LogP contribution in [0, 0.1) is 0 Å². The lowest BCUT2D eigenvalue weighted by atomic mass is 10.1. The smallest absolute Gasteiger partial charge is 0.332 e. The third kappa shape index (κ3) is 2.91. The lowest BCUT2D eigenvalue weighted by Crippen LogP contribution is -2.44. The molecule has 3 aromatic rings. The Morgan fingerprint density at radius 1 is 1.04 bits per heavy atom. The SMILES string of the molecule is O=C([O-])Cn1c(=O)c2c3c(sc2n(CC(=O)c2ccccc2)c1=O)CCC3. The number of thiophene rings is 1. The number of aryl methyl sites for hydroxylation is 2. The van der Waals surface area contributed by atoms with Crippen LogP contribution in [0.1, 0.15) is 27.2 Å². The molecule has 27 heavy (non-hydrogen) atoms. The minimum Gasteiger partial charge on any atom is -0.548 e. The highest BCUT2D eigenvalue weighted by Gasteiger charge is 2.25. The average molecular weight is 383 g/mol. The van der Waals surface area contributed by atoms with Crippen molar-refractivity contribution in [3.63, 3.8) is 0 Å². The Kier molecular flexibility index (Phi) is 4.27.